The first-order chi connectivity index (χ1) is 14.1. The number of aromatic nitrogens is 3. The Labute approximate surface area is 173 Å². The highest BCUT2D eigenvalue weighted by molar-refractivity contribution is 7.12. The second-order valence-electron chi connectivity index (χ2n) is 6.97. The van der Waals surface area contributed by atoms with E-state index in [0.717, 1.165) is 52.5 Å². The molecule has 0 saturated carbocycles. The number of aromatic amines is 1. The van der Waals surface area contributed by atoms with Gasteiger partial charge in [-0.3, -0.25) is 4.79 Å². The maximum absolute atomic E-state index is 12.9. The Bertz CT molecular complexity index is 1110. The summed E-state index contributed by atoms with van der Waals surface area (Å²) in [6, 6.07) is 11.7. The predicted molar refractivity (Wildman–Crippen MR) is 118 cm³/mol. The standard InChI is InChI=1S/C22H24N4O2S/c1-14-15(2)26(11-7-12-28-3)21(25-22(27)18-10-6-13-29-18)19(14)20-23-16-8-4-5-9-17(16)24-20/h4-6,8-10,13H,7,11-12H2,1-3H3,(H,23,24)(H,25,27). The molecular formula is C22H24N4O2S. The van der Waals surface area contributed by atoms with E-state index >= 15 is 0 Å². The molecule has 150 valence electrons. The Morgan fingerprint density at radius 2 is 2.07 bits per heavy atom. The van der Waals surface area contributed by atoms with Crippen LogP contribution in [0.1, 0.15) is 27.3 Å². The van der Waals surface area contributed by atoms with Crippen molar-refractivity contribution in [3.63, 3.8) is 0 Å². The van der Waals surface area contributed by atoms with Gasteiger partial charge in [-0.1, -0.05) is 18.2 Å². The molecule has 4 rings (SSSR count). The van der Waals surface area contributed by atoms with E-state index in [-0.39, 0.29) is 5.91 Å². The third-order valence-electron chi connectivity index (χ3n) is 5.16. The Hall–Kier alpha value is -2.90. The lowest BCUT2D eigenvalue weighted by Gasteiger charge is -2.13. The number of imidazole rings is 1. The molecule has 0 aliphatic carbocycles. The zero-order valence-corrected chi connectivity index (χ0v) is 17.6. The summed E-state index contributed by atoms with van der Waals surface area (Å²) in [6.45, 7) is 5.57. The van der Waals surface area contributed by atoms with Crippen LogP contribution in [0.5, 0.6) is 0 Å². The van der Waals surface area contributed by atoms with Crippen LogP contribution in [-0.2, 0) is 11.3 Å². The van der Waals surface area contributed by atoms with E-state index < -0.39 is 0 Å². The van der Waals surface area contributed by atoms with Crippen molar-refractivity contribution in [2.45, 2.75) is 26.8 Å². The van der Waals surface area contributed by atoms with Crippen molar-refractivity contribution >= 4 is 34.1 Å². The molecule has 3 heterocycles. The average Bonchev–Trinajstić information content (AvgIpc) is 3.43. The smallest absolute Gasteiger partial charge is 0.266 e. The molecule has 0 fully saturated rings. The number of methoxy groups -OCH3 is 1. The molecule has 0 atom stereocenters. The van der Waals surface area contributed by atoms with Crippen molar-refractivity contribution in [2.24, 2.45) is 0 Å². The van der Waals surface area contributed by atoms with Gasteiger partial charge in [-0.2, -0.15) is 0 Å². The molecule has 2 N–H and O–H groups in total. The minimum Gasteiger partial charge on any atom is -0.385 e. The van der Waals surface area contributed by atoms with Crippen LogP contribution in [0.2, 0.25) is 0 Å². The Kier molecular flexibility index (Phi) is 5.51. The van der Waals surface area contributed by atoms with Crippen LogP contribution in [0.4, 0.5) is 5.82 Å². The number of hydrogen-bond acceptors (Lipinski definition) is 4. The largest absolute Gasteiger partial charge is 0.385 e. The molecule has 0 spiro atoms. The molecule has 0 saturated heterocycles. The van der Waals surface area contributed by atoms with Crippen LogP contribution in [0.15, 0.2) is 41.8 Å². The number of para-hydroxylation sites is 2. The third-order valence-corrected chi connectivity index (χ3v) is 6.03. The maximum Gasteiger partial charge on any atom is 0.266 e. The predicted octanol–water partition coefficient (Wildman–Crippen LogP) is 5.00. The summed E-state index contributed by atoms with van der Waals surface area (Å²) in [5, 5.41) is 5.05. The number of carbonyl (C=O) groups excluding carboxylic acids is 1. The molecule has 0 radical (unpaired) electrons. The third kappa shape index (κ3) is 3.71. The summed E-state index contributed by atoms with van der Waals surface area (Å²) >= 11 is 1.43. The van der Waals surface area contributed by atoms with Crippen LogP contribution in [0.25, 0.3) is 22.4 Å². The number of carbonyl (C=O) groups is 1. The SMILES string of the molecule is COCCCn1c(C)c(C)c(-c2nc3ccccc3[nH]2)c1NC(=O)c1cccs1. The van der Waals surface area contributed by atoms with Crippen molar-refractivity contribution in [1.29, 1.82) is 0 Å². The lowest BCUT2D eigenvalue weighted by Crippen LogP contribution is -2.16. The van der Waals surface area contributed by atoms with Crippen LogP contribution >= 0.6 is 11.3 Å². The molecule has 1 amide bonds. The number of fused-ring (bicyclic) bond motifs is 1. The first kappa shape index (κ1) is 19.4. The lowest BCUT2D eigenvalue weighted by atomic mass is 10.1. The van der Waals surface area contributed by atoms with Gasteiger partial charge in [-0.05, 0) is 49.4 Å². The molecule has 4 aromatic rings. The summed E-state index contributed by atoms with van der Waals surface area (Å²) < 4.78 is 7.38. The molecule has 0 aliphatic heterocycles. The summed E-state index contributed by atoms with van der Waals surface area (Å²) in [5.74, 6) is 1.43. The maximum atomic E-state index is 12.9. The molecule has 0 unspecified atom stereocenters. The minimum absolute atomic E-state index is 0.108. The summed E-state index contributed by atoms with van der Waals surface area (Å²) in [4.78, 5) is 21.7. The summed E-state index contributed by atoms with van der Waals surface area (Å²) in [5.41, 5.74) is 5.02. The van der Waals surface area contributed by atoms with Gasteiger partial charge in [0, 0.05) is 26.0 Å². The van der Waals surface area contributed by atoms with Gasteiger partial charge in [0.25, 0.3) is 5.91 Å². The van der Waals surface area contributed by atoms with Crippen molar-refractivity contribution in [1.82, 2.24) is 14.5 Å². The molecular weight excluding hydrogens is 384 g/mol. The number of nitrogens with one attached hydrogen (secondary N) is 2. The van der Waals surface area contributed by atoms with Gasteiger partial charge in [0.2, 0.25) is 0 Å². The molecule has 7 heteroatoms. The van der Waals surface area contributed by atoms with Crippen LogP contribution in [0, 0.1) is 13.8 Å². The topological polar surface area (TPSA) is 71.9 Å². The second-order valence-corrected chi connectivity index (χ2v) is 7.91. The van der Waals surface area contributed by atoms with E-state index in [1.807, 2.05) is 41.8 Å². The number of H-pyrrole nitrogens is 1. The number of rotatable bonds is 7. The molecule has 0 aliphatic rings. The van der Waals surface area contributed by atoms with Crippen molar-refractivity contribution in [3.05, 3.63) is 57.9 Å². The Morgan fingerprint density at radius 1 is 1.24 bits per heavy atom. The Morgan fingerprint density at radius 3 is 2.79 bits per heavy atom. The summed E-state index contributed by atoms with van der Waals surface area (Å²) in [6.07, 6.45) is 0.854. The first-order valence-corrected chi connectivity index (χ1v) is 10.5. The van der Waals surface area contributed by atoms with E-state index in [2.05, 4.69) is 28.7 Å². The monoisotopic (exact) mass is 408 g/mol. The Balaban J connectivity index is 1.82. The number of nitrogens with zero attached hydrogens (tertiary/aromatic N) is 2. The number of benzene rings is 1. The van der Waals surface area contributed by atoms with Crippen molar-refractivity contribution < 1.29 is 9.53 Å². The summed E-state index contributed by atoms with van der Waals surface area (Å²) in [7, 11) is 1.70. The number of thiophene rings is 1. The highest BCUT2D eigenvalue weighted by Crippen LogP contribution is 2.36. The fourth-order valence-corrected chi connectivity index (χ4v) is 4.20. The zero-order chi connectivity index (χ0) is 20.4. The molecule has 29 heavy (non-hydrogen) atoms. The first-order valence-electron chi connectivity index (χ1n) is 9.58. The number of hydrogen-bond donors (Lipinski definition) is 2. The average molecular weight is 409 g/mol. The lowest BCUT2D eigenvalue weighted by molar-refractivity contribution is 0.102. The van der Waals surface area contributed by atoms with Crippen molar-refractivity contribution in [2.75, 3.05) is 19.0 Å². The van der Waals surface area contributed by atoms with Gasteiger partial charge in [0.1, 0.15) is 11.6 Å². The second kappa shape index (κ2) is 8.23. The minimum atomic E-state index is -0.108. The highest BCUT2D eigenvalue weighted by Gasteiger charge is 2.23. The number of anilines is 1. The van der Waals surface area contributed by atoms with Gasteiger partial charge in [0.15, 0.2) is 0 Å². The van der Waals surface area contributed by atoms with E-state index in [1.165, 1.54) is 11.3 Å². The van der Waals surface area contributed by atoms with Crippen molar-refractivity contribution in [3.8, 4) is 11.4 Å². The fraction of sp³-hybridized carbons (Fsp3) is 0.273. The fourth-order valence-electron chi connectivity index (χ4n) is 3.58. The van der Waals surface area contributed by atoms with Crippen LogP contribution in [-0.4, -0.2) is 34.2 Å². The molecule has 1 aromatic carbocycles. The van der Waals surface area contributed by atoms with E-state index in [1.54, 1.807) is 7.11 Å². The molecule has 3 aromatic heterocycles. The molecule has 6 nitrogen and oxygen atoms in total. The van der Waals surface area contributed by atoms with Gasteiger partial charge in [0.05, 0.1) is 21.5 Å². The van der Waals surface area contributed by atoms with E-state index in [4.69, 9.17) is 9.72 Å². The van der Waals surface area contributed by atoms with Crippen LogP contribution in [0.3, 0.4) is 0 Å². The highest BCUT2D eigenvalue weighted by atomic mass is 32.1. The van der Waals surface area contributed by atoms with E-state index in [9.17, 15) is 4.79 Å². The van der Waals surface area contributed by atoms with Crippen LogP contribution < -0.4 is 5.32 Å². The zero-order valence-electron chi connectivity index (χ0n) is 16.8. The van der Waals surface area contributed by atoms with Gasteiger partial charge >= 0.3 is 0 Å². The van der Waals surface area contributed by atoms with Gasteiger partial charge < -0.3 is 19.6 Å². The molecule has 0 bridgehead atoms. The van der Waals surface area contributed by atoms with Gasteiger partial charge in [-0.15, -0.1) is 11.3 Å². The number of ether oxygens (including phenoxy) is 1. The quantitative estimate of drug-likeness (QED) is 0.423. The normalized spacial score (nSPS) is 11.3. The number of amides is 1. The van der Waals surface area contributed by atoms with E-state index in [0.29, 0.717) is 11.5 Å². The van der Waals surface area contributed by atoms with Gasteiger partial charge in [-0.25, -0.2) is 4.98 Å².